The fourth-order valence-electron chi connectivity index (χ4n) is 11.9. The molecule has 61 heavy (non-hydrogen) atoms. The number of benzene rings is 3. The van der Waals surface area contributed by atoms with Gasteiger partial charge in [-0.2, -0.15) is 0 Å². The van der Waals surface area contributed by atoms with E-state index in [1.165, 1.54) is 94.8 Å². The predicted molar refractivity (Wildman–Crippen MR) is 258 cm³/mol. The maximum Gasteiger partial charge on any atom is 0.0630 e. The maximum absolute atomic E-state index is 2.50. The molecule has 0 heterocycles. The summed E-state index contributed by atoms with van der Waals surface area (Å²) in [5, 5.41) is 2.80. The van der Waals surface area contributed by atoms with Gasteiger partial charge in [0.25, 0.3) is 0 Å². The maximum atomic E-state index is 2.50. The Balaban J connectivity index is 1.00. The SMILES string of the molecule is CC1=Cc2ccccc2C1(C1=CC=C(C2=c3ccccc3=C(C3=CC=C(C=CC4=CC=C(C5=CC=CCC5)CC4)C4C=CC=CC34)C3C=CC=CC23)CC1)c1ccc(C)cc1. The largest absolute Gasteiger partial charge is 0.0842 e. The third kappa shape index (κ3) is 6.42. The molecule has 11 rings (SSSR count). The molecule has 3 aromatic carbocycles. The Labute approximate surface area is 362 Å². The Morgan fingerprint density at radius 2 is 1.21 bits per heavy atom. The lowest BCUT2D eigenvalue weighted by Crippen LogP contribution is -2.42. The smallest absolute Gasteiger partial charge is 0.0630 e. The van der Waals surface area contributed by atoms with Gasteiger partial charge < -0.3 is 0 Å². The van der Waals surface area contributed by atoms with Crippen molar-refractivity contribution in [3.63, 3.8) is 0 Å². The highest BCUT2D eigenvalue weighted by Crippen LogP contribution is 2.55. The summed E-state index contributed by atoms with van der Waals surface area (Å²) in [6.45, 7) is 4.54. The molecule has 0 heteroatoms. The van der Waals surface area contributed by atoms with Gasteiger partial charge in [-0.25, -0.2) is 0 Å². The summed E-state index contributed by atoms with van der Waals surface area (Å²) in [7, 11) is 0. The molecule has 0 aliphatic heterocycles. The van der Waals surface area contributed by atoms with Gasteiger partial charge in [0.05, 0.1) is 5.41 Å². The van der Waals surface area contributed by atoms with E-state index >= 15 is 0 Å². The minimum Gasteiger partial charge on any atom is -0.0842 e. The van der Waals surface area contributed by atoms with Crippen molar-refractivity contribution in [3.05, 3.63) is 266 Å². The number of rotatable bonds is 7. The molecule has 298 valence electrons. The molecular formula is C61H54. The summed E-state index contributed by atoms with van der Waals surface area (Å²) < 4.78 is 0. The van der Waals surface area contributed by atoms with Crippen LogP contribution in [0.4, 0.5) is 0 Å². The van der Waals surface area contributed by atoms with E-state index < -0.39 is 0 Å². The van der Waals surface area contributed by atoms with Crippen LogP contribution in [-0.2, 0) is 5.41 Å². The molecule has 8 aliphatic carbocycles. The quantitative estimate of drug-likeness (QED) is 0.224. The third-order valence-corrected chi connectivity index (χ3v) is 14.8. The molecule has 0 fully saturated rings. The van der Waals surface area contributed by atoms with Crippen LogP contribution >= 0.6 is 0 Å². The zero-order chi connectivity index (χ0) is 40.9. The fourth-order valence-corrected chi connectivity index (χ4v) is 11.9. The van der Waals surface area contributed by atoms with Gasteiger partial charge in [0.2, 0.25) is 0 Å². The first kappa shape index (κ1) is 37.7. The van der Waals surface area contributed by atoms with Crippen LogP contribution in [0.15, 0.2) is 233 Å². The van der Waals surface area contributed by atoms with Crippen molar-refractivity contribution in [1.82, 2.24) is 0 Å². The van der Waals surface area contributed by atoms with Gasteiger partial charge in [-0.3, -0.25) is 0 Å². The molecule has 0 saturated carbocycles. The van der Waals surface area contributed by atoms with Crippen molar-refractivity contribution in [2.75, 3.05) is 0 Å². The Bertz CT molecular complexity index is 2920. The van der Waals surface area contributed by atoms with Crippen LogP contribution in [0, 0.1) is 30.6 Å². The highest BCUT2D eigenvalue weighted by Gasteiger charge is 2.45. The van der Waals surface area contributed by atoms with Crippen molar-refractivity contribution < 1.29 is 0 Å². The van der Waals surface area contributed by atoms with E-state index in [1.54, 1.807) is 0 Å². The summed E-state index contributed by atoms with van der Waals surface area (Å²) in [6, 6.07) is 27.7. The van der Waals surface area contributed by atoms with Crippen LogP contribution in [0.3, 0.4) is 0 Å². The number of allylic oxidation sites excluding steroid dienone is 27. The van der Waals surface area contributed by atoms with Gasteiger partial charge in [0.15, 0.2) is 0 Å². The average molecular weight is 787 g/mol. The Morgan fingerprint density at radius 1 is 0.525 bits per heavy atom. The van der Waals surface area contributed by atoms with Gasteiger partial charge in [0, 0.05) is 23.7 Å². The van der Waals surface area contributed by atoms with E-state index in [-0.39, 0.29) is 17.3 Å². The van der Waals surface area contributed by atoms with Crippen LogP contribution in [0.1, 0.15) is 67.7 Å². The first-order chi connectivity index (χ1) is 30.1. The van der Waals surface area contributed by atoms with Crippen molar-refractivity contribution in [3.8, 4) is 0 Å². The molecule has 5 unspecified atom stereocenters. The minimum atomic E-state index is -0.246. The summed E-state index contributed by atoms with van der Waals surface area (Å²) >= 11 is 0. The lowest BCUT2D eigenvalue weighted by molar-refractivity contribution is 0.594. The highest BCUT2D eigenvalue weighted by molar-refractivity contribution is 5.83. The van der Waals surface area contributed by atoms with E-state index in [0.29, 0.717) is 11.8 Å². The van der Waals surface area contributed by atoms with E-state index in [9.17, 15) is 0 Å². The van der Waals surface area contributed by atoms with Gasteiger partial charge in [-0.1, -0.05) is 211 Å². The summed E-state index contributed by atoms with van der Waals surface area (Å²) in [5.41, 5.74) is 19.9. The number of aryl methyl sites for hydroxylation is 1. The van der Waals surface area contributed by atoms with Crippen molar-refractivity contribution >= 4 is 17.2 Å². The van der Waals surface area contributed by atoms with Crippen LogP contribution < -0.4 is 10.4 Å². The van der Waals surface area contributed by atoms with Crippen molar-refractivity contribution in [2.24, 2.45) is 23.7 Å². The standard InChI is InChI=1S/C61H54/c1-41-24-35-49(36-25-41)61(42(2)40-48-16-6-13-23-58(48)61)50-37-32-47(33-38-50)59-53-19-9-11-21-55(53)60(56-22-12-10-20-54(56)59)57-39-34-46(51-17-7-8-18-52(51)57)31-28-43-26-29-45(30-27-43)44-14-4-3-5-15-44/h3-4,6-14,16-26,28-29,31-32,34-37,39-40,51-53,55H,5,15,27,30,33,38H2,1-2H3. The molecule has 0 N–H and O–H groups in total. The monoisotopic (exact) mass is 786 g/mol. The van der Waals surface area contributed by atoms with Crippen LogP contribution in [-0.4, -0.2) is 0 Å². The molecule has 0 amide bonds. The molecule has 0 radical (unpaired) electrons. The van der Waals surface area contributed by atoms with Gasteiger partial charge in [-0.15, -0.1) is 0 Å². The summed E-state index contributed by atoms with van der Waals surface area (Å²) in [6.07, 6.45) is 54.2. The normalized spacial score (nSPS) is 27.2. The first-order valence-corrected chi connectivity index (χ1v) is 22.7. The molecular weight excluding hydrogens is 733 g/mol. The lowest BCUT2D eigenvalue weighted by Gasteiger charge is -2.40. The van der Waals surface area contributed by atoms with Crippen molar-refractivity contribution in [2.45, 2.75) is 57.8 Å². The zero-order valence-electron chi connectivity index (χ0n) is 35.5. The Morgan fingerprint density at radius 3 is 1.95 bits per heavy atom. The zero-order valence-corrected chi connectivity index (χ0v) is 35.5. The van der Waals surface area contributed by atoms with Crippen LogP contribution in [0.5, 0.6) is 0 Å². The average Bonchev–Trinajstić information content (AvgIpc) is 3.62. The summed E-state index contributed by atoms with van der Waals surface area (Å²) in [5.74, 6) is 1.15. The molecule has 0 nitrogen and oxygen atoms in total. The number of hydrogen-bond acceptors (Lipinski definition) is 0. The van der Waals surface area contributed by atoms with Gasteiger partial charge >= 0.3 is 0 Å². The highest BCUT2D eigenvalue weighted by atomic mass is 14.5. The van der Waals surface area contributed by atoms with E-state index in [1.807, 2.05) is 0 Å². The number of fused-ring (bicyclic) bond motifs is 4. The van der Waals surface area contributed by atoms with E-state index in [2.05, 4.69) is 208 Å². The van der Waals surface area contributed by atoms with Crippen molar-refractivity contribution in [1.29, 1.82) is 0 Å². The molecule has 3 aromatic rings. The second kappa shape index (κ2) is 15.7. The topological polar surface area (TPSA) is 0 Å². The van der Waals surface area contributed by atoms with Gasteiger partial charge in [-0.05, 0) is 124 Å². The second-order valence-electron chi connectivity index (χ2n) is 18.1. The minimum absolute atomic E-state index is 0.246. The third-order valence-electron chi connectivity index (χ3n) is 14.8. The molecule has 0 aromatic heterocycles. The fraction of sp³-hybridized carbons (Fsp3) is 0.213. The molecule has 0 saturated heterocycles. The molecule has 8 aliphatic rings. The molecule has 0 bridgehead atoms. The molecule has 5 atom stereocenters. The Hall–Kier alpha value is -6.24. The first-order valence-electron chi connectivity index (χ1n) is 22.7. The van der Waals surface area contributed by atoms with E-state index in [0.717, 1.165) is 32.1 Å². The number of hydrogen-bond donors (Lipinski definition) is 0. The summed E-state index contributed by atoms with van der Waals surface area (Å²) in [4.78, 5) is 0. The predicted octanol–water partition coefficient (Wildman–Crippen LogP) is 13.4. The second-order valence-corrected chi connectivity index (χ2v) is 18.1. The van der Waals surface area contributed by atoms with Crippen LogP contribution in [0.2, 0.25) is 0 Å². The van der Waals surface area contributed by atoms with Crippen LogP contribution in [0.25, 0.3) is 17.2 Å². The van der Waals surface area contributed by atoms with E-state index in [4.69, 9.17) is 0 Å². The molecule has 0 spiro atoms. The van der Waals surface area contributed by atoms with Gasteiger partial charge in [0.1, 0.15) is 0 Å². The lowest BCUT2D eigenvalue weighted by atomic mass is 9.62. The Kier molecular flexibility index (Phi) is 9.69.